The van der Waals surface area contributed by atoms with Crippen molar-refractivity contribution >= 4 is 11.0 Å². The number of imidazole rings is 1. The minimum absolute atomic E-state index is 0.281. The van der Waals surface area contributed by atoms with Crippen molar-refractivity contribution in [1.29, 1.82) is 0 Å². The molecular weight excluding hydrogens is 226 g/mol. The number of fused-ring (bicyclic) bond motifs is 1. The first-order chi connectivity index (χ1) is 8.68. The topological polar surface area (TPSA) is 50.9 Å². The molecule has 2 heterocycles. The van der Waals surface area contributed by atoms with Crippen LogP contribution in [0.1, 0.15) is 5.56 Å². The minimum Gasteiger partial charge on any atom is -0.507 e. The lowest BCUT2D eigenvalue weighted by atomic mass is 10.1. The second-order valence-corrected chi connectivity index (χ2v) is 4.33. The Bertz CT molecular complexity index is 731. The van der Waals surface area contributed by atoms with E-state index in [1.807, 2.05) is 42.8 Å². The van der Waals surface area contributed by atoms with Gasteiger partial charge in [-0.15, -0.1) is 0 Å². The Balaban J connectivity index is 2.32. The molecule has 3 aromatic rings. The summed E-state index contributed by atoms with van der Waals surface area (Å²) in [7, 11) is 1.92. The van der Waals surface area contributed by atoms with Crippen LogP contribution >= 0.6 is 0 Å². The van der Waals surface area contributed by atoms with E-state index in [2.05, 4.69) is 9.97 Å². The maximum atomic E-state index is 10.1. The predicted octanol–water partition coefficient (Wildman–Crippen LogP) is 2.65. The minimum atomic E-state index is 0.281. The smallest absolute Gasteiger partial charge is 0.144 e. The van der Waals surface area contributed by atoms with Gasteiger partial charge >= 0.3 is 0 Å². The van der Waals surface area contributed by atoms with Crippen LogP contribution in [-0.2, 0) is 7.05 Å². The number of nitrogens with zero attached hydrogens (tertiary/aromatic N) is 3. The molecule has 2 aromatic heterocycles. The van der Waals surface area contributed by atoms with Gasteiger partial charge in [0.25, 0.3) is 0 Å². The first kappa shape index (κ1) is 10.8. The van der Waals surface area contributed by atoms with E-state index in [0.717, 1.165) is 28.0 Å². The number of para-hydroxylation sites is 1. The van der Waals surface area contributed by atoms with Gasteiger partial charge in [-0.05, 0) is 24.6 Å². The van der Waals surface area contributed by atoms with Crippen LogP contribution in [0.25, 0.3) is 22.4 Å². The predicted molar refractivity (Wildman–Crippen MR) is 70.3 cm³/mol. The molecule has 0 bridgehead atoms. The van der Waals surface area contributed by atoms with Crippen LogP contribution in [0.15, 0.2) is 36.7 Å². The Morgan fingerprint density at radius 1 is 1.22 bits per heavy atom. The first-order valence-electron chi connectivity index (χ1n) is 5.74. The highest BCUT2D eigenvalue weighted by atomic mass is 16.3. The fourth-order valence-corrected chi connectivity index (χ4v) is 2.12. The molecule has 4 heteroatoms. The molecule has 4 nitrogen and oxygen atoms in total. The van der Waals surface area contributed by atoms with Crippen LogP contribution in [0, 0.1) is 6.92 Å². The number of hydrogen-bond donors (Lipinski definition) is 1. The Labute approximate surface area is 105 Å². The third kappa shape index (κ3) is 1.46. The van der Waals surface area contributed by atoms with Crippen LogP contribution in [0.4, 0.5) is 0 Å². The lowest BCUT2D eigenvalue weighted by Crippen LogP contribution is -1.93. The molecule has 0 saturated carbocycles. The third-order valence-electron chi connectivity index (χ3n) is 3.16. The van der Waals surface area contributed by atoms with Gasteiger partial charge in [0, 0.05) is 13.2 Å². The molecule has 0 unspecified atom stereocenters. The maximum absolute atomic E-state index is 10.1. The molecule has 0 aliphatic heterocycles. The van der Waals surface area contributed by atoms with Gasteiger partial charge in [-0.3, -0.25) is 4.98 Å². The molecule has 0 amide bonds. The zero-order valence-corrected chi connectivity index (χ0v) is 10.3. The van der Waals surface area contributed by atoms with Crippen LogP contribution in [0.3, 0.4) is 0 Å². The van der Waals surface area contributed by atoms with Gasteiger partial charge in [-0.2, -0.15) is 0 Å². The molecule has 18 heavy (non-hydrogen) atoms. The van der Waals surface area contributed by atoms with Crippen molar-refractivity contribution in [3.8, 4) is 17.1 Å². The second-order valence-electron chi connectivity index (χ2n) is 4.33. The molecule has 0 radical (unpaired) electrons. The van der Waals surface area contributed by atoms with Crippen LogP contribution < -0.4 is 0 Å². The summed E-state index contributed by atoms with van der Waals surface area (Å²) in [5.74, 6) is 1.03. The number of rotatable bonds is 1. The maximum Gasteiger partial charge on any atom is 0.144 e. The Morgan fingerprint density at radius 2 is 2.06 bits per heavy atom. The molecule has 90 valence electrons. The normalized spacial score (nSPS) is 11.0. The third-order valence-corrected chi connectivity index (χ3v) is 3.16. The molecule has 0 atom stereocenters. The van der Waals surface area contributed by atoms with E-state index in [0.29, 0.717) is 0 Å². The summed E-state index contributed by atoms with van der Waals surface area (Å²) >= 11 is 0. The molecule has 0 aliphatic carbocycles. The highest BCUT2D eigenvalue weighted by Crippen LogP contribution is 2.32. The monoisotopic (exact) mass is 239 g/mol. The van der Waals surface area contributed by atoms with Gasteiger partial charge in [0.05, 0.1) is 22.8 Å². The lowest BCUT2D eigenvalue weighted by Gasteiger charge is -2.06. The quantitative estimate of drug-likeness (QED) is 0.710. The van der Waals surface area contributed by atoms with Crippen LogP contribution in [-0.4, -0.2) is 19.6 Å². The van der Waals surface area contributed by atoms with Crippen molar-refractivity contribution in [2.45, 2.75) is 6.92 Å². The lowest BCUT2D eigenvalue weighted by molar-refractivity contribution is 0.472. The van der Waals surface area contributed by atoms with Gasteiger partial charge in [0.2, 0.25) is 0 Å². The van der Waals surface area contributed by atoms with Gasteiger partial charge in [-0.1, -0.05) is 12.1 Å². The van der Waals surface area contributed by atoms with Crippen molar-refractivity contribution < 1.29 is 5.11 Å². The zero-order chi connectivity index (χ0) is 12.7. The van der Waals surface area contributed by atoms with Gasteiger partial charge in [-0.25, -0.2) is 4.98 Å². The number of phenols is 1. The van der Waals surface area contributed by atoms with Gasteiger partial charge in [0.15, 0.2) is 0 Å². The summed E-state index contributed by atoms with van der Waals surface area (Å²) in [6.07, 6.45) is 3.49. The Morgan fingerprint density at radius 3 is 2.83 bits per heavy atom. The molecule has 0 saturated heterocycles. The average Bonchev–Trinajstić information content (AvgIpc) is 2.71. The molecule has 0 spiro atoms. The van der Waals surface area contributed by atoms with E-state index in [4.69, 9.17) is 0 Å². The van der Waals surface area contributed by atoms with Crippen molar-refractivity contribution in [3.05, 3.63) is 42.2 Å². The van der Waals surface area contributed by atoms with E-state index < -0.39 is 0 Å². The number of pyridine rings is 1. The summed E-state index contributed by atoms with van der Waals surface area (Å²) in [4.78, 5) is 8.64. The average molecular weight is 239 g/mol. The van der Waals surface area contributed by atoms with Gasteiger partial charge in [0.1, 0.15) is 11.6 Å². The number of aryl methyl sites for hydroxylation is 2. The summed E-state index contributed by atoms with van der Waals surface area (Å²) < 4.78 is 1.94. The van der Waals surface area contributed by atoms with E-state index in [-0.39, 0.29) is 5.75 Å². The molecule has 0 aliphatic rings. The number of hydrogen-bond acceptors (Lipinski definition) is 3. The highest BCUT2D eigenvalue weighted by Gasteiger charge is 2.13. The number of benzene rings is 1. The van der Waals surface area contributed by atoms with E-state index in [9.17, 15) is 5.11 Å². The largest absolute Gasteiger partial charge is 0.507 e. The second kappa shape index (κ2) is 3.84. The standard InChI is InChI=1S/C14H13N3O/c1-9-4-3-5-10(13(9)18)14-16-11-6-7-15-8-12(11)17(14)2/h3-8,18H,1-2H3. The molecule has 1 aromatic carbocycles. The Hall–Kier alpha value is -2.36. The van der Waals surface area contributed by atoms with E-state index in [1.54, 1.807) is 12.4 Å². The summed E-state index contributed by atoms with van der Waals surface area (Å²) in [6.45, 7) is 1.88. The number of aromatic hydroxyl groups is 1. The van der Waals surface area contributed by atoms with E-state index in [1.165, 1.54) is 0 Å². The van der Waals surface area contributed by atoms with Crippen molar-refractivity contribution in [1.82, 2.24) is 14.5 Å². The molecule has 3 rings (SSSR count). The first-order valence-corrected chi connectivity index (χ1v) is 5.74. The highest BCUT2D eigenvalue weighted by molar-refractivity contribution is 5.81. The number of aromatic nitrogens is 3. The van der Waals surface area contributed by atoms with Crippen LogP contribution in [0.5, 0.6) is 5.75 Å². The number of phenolic OH excluding ortho intramolecular Hbond substituents is 1. The van der Waals surface area contributed by atoms with Crippen molar-refractivity contribution in [2.75, 3.05) is 0 Å². The van der Waals surface area contributed by atoms with Crippen LogP contribution in [0.2, 0.25) is 0 Å². The summed E-state index contributed by atoms with van der Waals surface area (Å²) in [6, 6.07) is 7.54. The molecule has 1 N–H and O–H groups in total. The summed E-state index contributed by atoms with van der Waals surface area (Å²) in [5.41, 5.74) is 3.42. The zero-order valence-electron chi connectivity index (χ0n) is 10.3. The molecule has 0 fully saturated rings. The SMILES string of the molecule is Cc1cccc(-c2nc3ccncc3n2C)c1O. The summed E-state index contributed by atoms with van der Waals surface area (Å²) in [5, 5.41) is 10.1. The fraction of sp³-hybridized carbons (Fsp3) is 0.143. The van der Waals surface area contributed by atoms with Gasteiger partial charge < -0.3 is 9.67 Å². The molecular formula is C14H13N3O. The van der Waals surface area contributed by atoms with E-state index >= 15 is 0 Å². The van der Waals surface area contributed by atoms with Crippen molar-refractivity contribution in [3.63, 3.8) is 0 Å². The Kier molecular flexibility index (Phi) is 2.30. The van der Waals surface area contributed by atoms with Crippen molar-refractivity contribution in [2.24, 2.45) is 7.05 Å². The fourth-order valence-electron chi connectivity index (χ4n) is 2.12.